The number of amides is 1. The van der Waals surface area contributed by atoms with Gasteiger partial charge in [0.1, 0.15) is 0 Å². The van der Waals surface area contributed by atoms with Crippen molar-refractivity contribution in [3.8, 4) is 0 Å². The third kappa shape index (κ3) is 2.37. The number of anilines is 2. The maximum Gasteiger partial charge on any atom is 0.243 e. The number of halogens is 1. The zero-order valence-corrected chi connectivity index (χ0v) is 11.7. The van der Waals surface area contributed by atoms with Gasteiger partial charge in [-0.15, -0.1) is 0 Å². The molecular weight excluding hydrogens is 294 g/mol. The Labute approximate surface area is 115 Å². The van der Waals surface area contributed by atoms with Crippen molar-refractivity contribution in [2.24, 2.45) is 5.92 Å². The van der Waals surface area contributed by atoms with E-state index in [-0.39, 0.29) is 5.91 Å². The summed E-state index contributed by atoms with van der Waals surface area (Å²) in [6.45, 7) is 3.56. The van der Waals surface area contributed by atoms with Gasteiger partial charge in [0.2, 0.25) is 5.91 Å². The van der Waals surface area contributed by atoms with E-state index in [1.807, 2.05) is 12.1 Å². The molecule has 1 unspecified atom stereocenters. The summed E-state index contributed by atoms with van der Waals surface area (Å²) < 4.78 is 1.05. The Hall–Kier alpha value is -1.07. The predicted molar refractivity (Wildman–Crippen MR) is 76.0 cm³/mol. The van der Waals surface area contributed by atoms with Gasteiger partial charge >= 0.3 is 0 Å². The van der Waals surface area contributed by atoms with Crippen LogP contribution in [0.4, 0.5) is 11.4 Å². The lowest BCUT2D eigenvalue weighted by molar-refractivity contribution is -0.115. The first-order chi connectivity index (χ1) is 8.72. The van der Waals surface area contributed by atoms with Crippen molar-refractivity contribution in [2.75, 3.05) is 36.4 Å². The van der Waals surface area contributed by atoms with Gasteiger partial charge in [-0.05, 0) is 43.6 Å². The summed E-state index contributed by atoms with van der Waals surface area (Å²) in [7, 11) is 0. The molecule has 3 rings (SSSR count). The molecule has 0 spiro atoms. The second kappa shape index (κ2) is 4.90. The van der Waals surface area contributed by atoms with Crippen molar-refractivity contribution in [2.45, 2.75) is 6.42 Å². The summed E-state index contributed by atoms with van der Waals surface area (Å²) >= 11 is 3.49. The minimum Gasteiger partial charge on any atom is -0.360 e. The second-order valence-corrected chi connectivity index (χ2v) is 5.86. The molecule has 1 saturated heterocycles. The molecule has 0 aromatic heterocycles. The van der Waals surface area contributed by atoms with Crippen molar-refractivity contribution in [3.63, 3.8) is 0 Å². The molecule has 0 aliphatic carbocycles. The molecular formula is C13H16BrN3O. The van der Waals surface area contributed by atoms with Gasteiger partial charge in [-0.2, -0.15) is 0 Å². The fourth-order valence-electron chi connectivity index (χ4n) is 2.67. The van der Waals surface area contributed by atoms with Crippen LogP contribution in [0.15, 0.2) is 22.7 Å². The first kappa shape index (κ1) is 12.0. The zero-order valence-electron chi connectivity index (χ0n) is 10.1. The van der Waals surface area contributed by atoms with Gasteiger partial charge in [0.25, 0.3) is 0 Å². The standard InChI is InChI=1S/C13H16BrN3O/c14-10-1-2-11-12(5-10)17(8-13(18)16-11)7-9-3-4-15-6-9/h1-2,5,9,15H,3-4,6-8H2,(H,16,18). The average molecular weight is 310 g/mol. The van der Waals surface area contributed by atoms with Crippen LogP contribution in [-0.4, -0.2) is 32.1 Å². The zero-order chi connectivity index (χ0) is 12.5. The molecule has 1 amide bonds. The van der Waals surface area contributed by atoms with E-state index < -0.39 is 0 Å². The smallest absolute Gasteiger partial charge is 0.243 e. The SMILES string of the molecule is O=C1CN(CC2CCNC2)c2cc(Br)ccc2N1. The fourth-order valence-corrected chi connectivity index (χ4v) is 3.01. The van der Waals surface area contributed by atoms with Crippen molar-refractivity contribution >= 4 is 33.2 Å². The van der Waals surface area contributed by atoms with Gasteiger partial charge in [0.15, 0.2) is 0 Å². The number of carbonyl (C=O) groups is 1. The molecule has 1 fully saturated rings. The summed E-state index contributed by atoms with van der Waals surface area (Å²) in [5, 5.41) is 6.30. The van der Waals surface area contributed by atoms with Crippen molar-refractivity contribution in [3.05, 3.63) is 22.7 Å². The van der Waals surface area contributed by atoms with E-state index in [0.717, 1.165) is 35.5 Å². The van der Waals surface area contributed by atoms with Crippen molar-refractivity contribution in [1.82, 2.24) is 5.32 Å². The number of benzene rings is 1. The number of nitrogens with one attached hydrogen (secondary N) is 2. The molecule has 18 heavy (non-hydrogen) atoms. The Bertz CT molecular complexity index is 471. The van der Waals surface area contributed by atoms with Gasteiger partial charge in [-0.25, -0.2) is 0 Å². The Balaban J connectivity index is 1.85. The van der Waals surface area contributed by atoms with Crippen molar-refractivity contribution < 1.29 is 4.79 Å². The van der Waals surface area contributed by atoms with E-state index in [0.29, 0.717) is 12.5 Å². The predicted octanol–water partition coefficient (Wildman–Crippen LogP) is 1.82. The molecule has 1 aromatic carbocycles. The Morgan fingerprint density at radius 2 is 2.33 bits per heavy atom. The molecule has 5 heteroatoms. The highest BCUT2D eigenvalue weighted by Gasteiger charge is 2.25. The quantitative estimate of drug-likeness (QED) is 0.876. The number of nitrogens with zero attached hydrogens (tertiary/aromatic N) is 1. The molecule has 2 aliphatic heterocycles. The van der Waals surface area contributed by atoms with E-state index in [9.17, 15) is 4.79 Å². The number of rotatable bonds is 2. The van der Waals surface area contributed by atoms with E-state index >= 15 is 0 Å². The van der Waals surface area contributed by atoms with Crippen LogP contribution in [0.25, 0.3) is 0 Å². The van der Waals surface area contributed by atoms with Crippen molar-refractivity contribution in [1.29, 1.82) is 0 Å². The average Bonchev–Trinajstić information content (AvgIpc) is 2.83. The maximum atomic E-state index is 11.7. The van der Waals surface area contributed by atoms with Gasteiger partial charge in [-0.3, -0.25) is 4.79 Å². The van der Waals surface area contributed by atoms with Crippen LogP contribution in [0.2, 0.25) is 0 Å². The van der Waals surface area contributed by atoms with E-state index in [2.05, 4.69) is 37.5 Å². The normalized spacial score (nSPS) is 22.8. The van der Waals surface area contributed by atoms with Gasteiger partial charge < -0.3 is 15.5 Å². The number of hydrogen-bond donors (Lipinski definition) is 2. The first-order valence-corrected chi connectivity index (χ1v) is 7.07. The highest BCUT2D eigenvalue weighted by atomic mass is 79.9. The minimum absolute atomic E-state index is 0.0794. The third-order valence-electron chi connectivity index (χ3n) is 3.55. The molecule has 1 atom stereocenters. The van der Waals surface area contributed by atoms with E-state index in [4.69, 9.17) is 0 Å². The maximum absolute atomic E-state index is 11.7. The Kier molecular flexibility index (Phi) is 3.26. The van der Waals surface area contributed by atoms with Crippen LogP contribution in [0.1, 0.15) is 6.42 Å². The molecule has 1 aromatic rings. The molecule has 0 radical (unpaired) electrons. The van der Waals surface area contributed by atoms with Gasteiger partial charge in [-0.1, -0.05) is 15.9 Å². The lowest BCUT2D eigenvalue weighted by atomic mass is 10.1. The number of fused-ring (bicyclic) bond motifs is 1. The highest BCUT2D eigenvalue weighted by molar-refractivity contribution is 9.10. The molecule has 2 aliphatic rings. The second-order valence-electron chi connectivity index (χ2n) is 4.95. The third-order valence-corrected chi connectivity index (χ3v) is 4.04. The summed E-state index contributed by atoms with van der Waals surface area (Å²) in [5.74, 6) is 0.721. The Morgan fingerprint density at radius 3 is 3.11 bits per heavy atom. The highest BCUT2D eigenvalue weighted by Crippen LogP contribution is 2.33. The summed E-state index contributed by atoms with van der Waals surface area (Å²) in [4.78, 5) is 13.9. The van der Waals surface area contributed by atoms with Gasteiger partial charge in [0, 0.05) is 11.0 Å². The lowest BCUT2D eigenvalue weighted by Crippen LogP contribution is -2.41. The molecule has 96 valence electrons. The van der Waals surface area contributed by atoms with Crippen LogP contribution in [0.3, 0.4) is 0 Å². The molecule has 0 bridgehead atoms. The number of carbonyl (C=O) groups excluding carboxylic acids is 1. The fraction of sp³-hybridized carbons (Fsp3) is 0.462. The van der Waals surface area contributed by atoms with Crippen LogP contribution in [-0.2, 0) is 4.79 Å². The monoisotopic (exact) mass is 309 g/mol. The molecule has 2 N–H and O–H groups in total. The van der Waals surface area contributed by atoms with E-state index in [1.165, 1.54) is 6.42 Å². The minimum atomic E-state index is 0.0794. The largest absolute Gasteiger partial charge is 0.360 e. The van der Waals surface area contributed by atoms with Crippen LogP contribution in [0, 0.1) is 5.92 Å². The first-order valence-electron chi connectivity index (χ1n) is 6.27. The lowest BCUT2D eigenvalue weighted by Gasteiger charge is -2.32. The van der Waals surface area contributed by atoms with E-state index in [1.54, 1.807) is 0 Å². The summed E-state index contributed by atoms with van der Waals surface area (Å²) in [6, 6.07) is 5.99. The van der Waals surface area contributed by atoms with Crippen LogP contribution in [0.5, 0.6) is 0 Å². The van der Waals surface area contributed by atoms with Crippen LogP contribution >= 0.6 is 15.9 Å². The number of hydrogen-bond acceptors (Lipinski definition) is 3. The molecule has 2 heterocycles. The summed E-state index contributed by atoms with van der Waals surface area (Å²) in [6.07, 6.45) is 1.20. The van der Waals surface area contributed by atoms with Gasteiger partial charge in [0.05, 0.1) is 17.9 Å². The van der Waals surface area contributed by atoms with Crippen LogP contribution < -0.4 is 15.5 Å². The summed E-state index contributed by atoms with van der Waals surface area (Å²) in [5.41, 5.74) is 2.04. The topological polar surface area (TPSA) is 44.4 Å². The molecule has 0 saturated carbocycles. The molecule has 4 nitrogen and oxygen atoms in total. The Morgan fingerprint density at radius 1 is 1.44 bits per heavy atom.